The zero-order valence-electron chi connectivity index (χ0n) is 19.8. The van der Waals surface area contributed by atoms with Crippen LogP contribution in [0.4, 0.5) is 0 Å². The third-order valence-electron chi connectivity index (χ3n) is 1.78. The average molecular weight is 672 g/mol. The predicted molar refractivity (Wildman–Crippen MR) is 95.8 cm³/mol. The number of carbonyl (C=O) groups is 10. The number of hydrogen-bond acceptors (Lipinski definition) is 20. The summed E-state index contributed by atoms with van der Waals surface area (Å²) in [6, 6.07) is 0. The quantitative estimate of drug-likeness (QED) is 0.194. The van der Waals surface area contributed by atoms with E-state index in [1.165, 1.54) is 0 Å². The van der Waals surface area contributed by atoms with E-state index in [0.29, 0.717) is 60.8 Å². The molecule has 0 aliphatic rings. The molecule has 0 aromatic rings. The van der Waals surface area contributed by atoms with Crippen molar-refractivity contribution in [3.63, 3.8) is 0 Å². The smallest absolute Gasteiger partial charge is 0.0643 e. The number of carbonyl (C=O) groups excluding carboxylic acids is 10. The summed E-state index contributed by atoms with van der Waals surface area (Å²) in [5, 5.41) is 94.1. The van der Waals surface area contributed by atoms with E-state index in [2.05, 4.69) is 0 Å². The van der Waals surface area contributed by atoms with E-state index in [-0.39, 0.29) is 37.1 Å². The third-order valence-corrected chi connectivity index (χ3v) is 1.78. The summed E-state index contributed by atoms with van der Waals surface area (Å²) in [4.78, 5) is 94.1. The van der Waals surface area contributed by atoms with Crippen LogP contribution in [0.25, 0.3) is 0 Å². The Morgan fingerprint density at radius 2 is 0.262 bits per heavy atom. The second-order valence-corrected chi connectivity index (χ2v) is 4.86. The first-order chi connectivity index (χ1) is 18.1. The fourth-order valence-corrected chi connectivity index (χ4v) is 0.680. The van der Waals surface area contributed by atoms with Crippen LogP contribution in [-0.2, 0) is 85.1 Å². The summed E-state index contributed by atoms with van der Waals surface area (Å²) in [6.07, 6.45) is 3.84. The summed E-state index contributed by atoms with van der Waals surface area (Å²) in [5.41, 5.74) is 0. The van der Waals surface area contributed by atoms with Crippen LogP contribution >= 0.6 is 0 Å². The van der Waals surface area contributed by atoms with E-state index >= 15 is 0 Å². The fraction of sp³-hybridized carbons (Fsp3) is 0. The molecule has 0 spiro atoms. The molecule has 0 amide bonds. The van der Waals surface area contributed by atoms with Crippen LogP contribution in [0.3, 0.4) is 0 Å². The van der Waals surface area contributed by atoms with Gasteiger partial charge in [0.1, 0.15) is 0 Å². The van der Waals surface area contributed by atoms with Gasteiger partial charge in [-0.25, -0.2) is 0 Å². The van der Waals surface area contributed by atoms with Crippen LogP contribution in [0, 0.1) is 0 Å². The summed E-state index contributed by atoms with van der Waals surface area (Å²) in [5.74, 6) is -15.5. The summed E-state index contributed by atoms with van der Waals surface area (Å²) >= 11 is 0. The molecular formula is C20H10O20V2-10. The molecule has 0 aliphatic carbocycles. The molecule has 22 heteroatoms. The Kier molecular flexibility index (Phi) is 44.8. The Labute approximate surface area is 256 Å². The Balaban J connectivity index is -0.0000000721. The topological polar surface area (TPSA) is 401 Å². The summed E-state index contributed by atoms with van der Waals surface area (Å²) < 4.78 is 0. The van der Waals surface area contributed by atoms with Gasteiger partial charge in [-0.2, -0.15) is 0 Å². The molecule has 0 saturated heterocycles. The number of aliphatic carboxylic acids is 10. The zero-order chi connectivity index (χ0) is 32.8. The van der Waals surface area contributed by atoms with Crippen molar-refractivity contribution in [2.75, 3.05) is 0 Å². The van der Waals surface area contributed by atoms with Crippen molar-refractivity contribution in [3.05, 3.63) is 60.8 Å². The van der Waals surface area contributed by atoms with Gasteiger partial charge in [0.25, 0.3) is 0 Å². The molecule has 0 saturated carbocycles. The maximum Gasteiger partial charge on any atom is 0.0643 e. The minimum Gasteiger partial charge on any atom is -0.545 e. The van der Waals surface area contributed by atoms with Crippen LogP contribution < -0.4 is 51.1 Å². The van der Waals surface area contributed by atoms with E-state index in [1.807, 2.05) is 0 Å². The van der Waals surface area contributed by atoms with Gasteiger partial charge in [-0.05, 0) is 60.8 Å². The first-order valence-electron chi connectivity index (χ1n) is 8.64. The van der Waals surface area contributed by atoms with Gasteiger partial charge in [-0.1, -0.05) is 0 Å². The van der Waals surface area contributed by atoms with E-state index in [0.717, 1.165) is 0 Å². The molecule has 0 atom stereocenters. The predicted octanol–water partition coefficient (Wildman–Crippen LogP) is -14.8. The van der Waals surface area contributed by atoms with Crippen LogP contribution in [-0.4, -0.2) is 59.7 Å². The maximum absolute atomic E-state index is 9.41. The van der Waals surface area contributed by atoms with Gasteiger partial charge in [0.15, 0.2) is 0 Å². The van der Waals surface area contributed by atoms with Crippen LogP contribution in [0.1, 0.15) is 0 Å². The monoisotopic (exact) mass is 672 g/mol. The van der Waals surface area contributed by atoms with Crippen molar-refractivity contribution in [2.24, 2.45) is 0 Å². The van der Waals surface area contributed by atoms with Gasteiger partial charge >= 0.3 is 0 Å². The number of hydrogen-bond donors (Lipinski definition) is 0. The van der Waals surface area contributed by atoms with E-state index < -0.39 is 59.7 Å². The van der Waals surface area contributed by atoms with Gasteiger partial charge in [-0.15, -0.1) is 0 Å². The summed E-state index contributed by atoms with van der Waals surface area (Å²) in [7, 11) is 0. The molecule has 2 radical (unpaired) electrons. The Morgan fingerprint density at radius 3 is 0.286 bits per heavy atom. The van der Waals surface area contributed by atoms with E-state index in [9.17, 15) is 99.0 Å². The van der Waals surface area contributed by atoms with Crippen molar-refractivity contribution in [2.45, 2.75) is 0 Å². The molecular weight excluding hydrogens is 662 g/mol. The molecule has 0 heterocycles. The van der Waals surface area contributed by atoms with Crippen molar-refractivity contribution < 1.29 is 136 Å². The molecule has 0 N–H and O–H groups in total. The minimum absolute atomic E-state index is 0. The number of carboxylic acid groups (broad SMARTS) is 10. The molecule has 0 bridgehead atoms. The molecule has 0 unspecified atom stereocenters. The molecule has 230 valence electrons. The summed E-state index contributed by atoms with van der Waals surface area (Å²) in [6.45, 7) is 0. The van der Waals surface area contributed by atoms with Crippen molar-refractivity contribution in [1.29, 1.82) is 0 Å². The standard InChI is InChI=1S/5C4H4O4.2V/c5*5-3(6)1-2-4(7)8;;/h5*1-2H,(H,5,6)(H,7,8);;/p-10. The maximum atomic E-state index is 9.41. The van der Waals surface area contributed by atoms with Gasteiger partial charge in [0, 0.05) is 37.1 Å². The largest absolute Gasteiger partial charge is 0.545 e. The molecule has 20 nitrogen and oxygen atoms in total. The van der Waals surface area contributed by atoms with Crippen molar-refractivity contribution in [1.82, 2.24) is 0 Å². The molecule has 0 aliphatic heterocycles. The Bertz CT molecular complexity index is 804. The van der Waals surface area contributed by atoms with Gasteiger partial charge < -0.3 is 99.0 Å². The zero-order valence-corrected chi connectivity index (χ0v) is 22.6. The van der Waals surface area contributed by atoms with Gasteiger partial charge in [-0.3, -0.25) is 0 Å². The Morgan fingerprint density at radius 1 is 0.214 bits per heavy atom. The molecule has 0 aromatic heterocycles. The molecule has 0 rings (SSSR count). The van der Waals surface area contributed by atoms with Gasteiger partial charge in [0.05, 0.1) is 59.7 Å². The van der Waals surface area contributed by atoms with Gasteiger partial charge in [0.2, 0.25) is 0 Å². The third kappa shape index (κ3) is 102. The average Bonchev–Trinajstić information content (AvgIpc) is 2.79. The fourth-order valence-electron chi connectivity index (χ4n) is 0.680. The minimum atomic E-state index is -1.55. The second-order valence-electron chi connectivity index (χ2n) is 4.86. The normalized spacial score (nSPS) is 9.05. The molecule has 42 heavy (non-hydrogen) atoms. The number of carboxylic acids is 10. The Hall–Kier alpha value is -5.43. The first-order valence-corrected chi connectivity index (χ1v) is 8.64. The van der Waals surface area contributed by atoms with E-state index in [1.54, 1.807) is 0 Å². The van der Waals surface area contributed by atoms with Crippen LogP contribution in [0.2, 0.25) is 0 Å². The first kappa shape index (κ1) is 52.9. The molecule has 0 aromatic carbocycles. The van der Waals surface area contributed by atoms with Crippen LogP contribution in [0.15, 0.2) is 60.8 Å². The van der Waals surface area contributed by atoms with E-state index in [4.69, 9.17) is 0 Å². The van der Waals surface area contributed by atoms with Crippen LogP contribution in [0.5, 0.6) is 0 Å². The van der Waals surface area contributed by atoms with Crippen molar-refractivity contribution >= 4 is 59.7 Å². The number of rotatable bonds is 10. The SMILES string of the molecule is O=C([O-])C=CC(=O)[O-].O=C([O-])C=CC(=O)[O-].O=C([O-])C=CC(=O)[O-].O=C([O-])C=CC(=O)[O-].O=C([O-])C=CC(=O)[O-].[V].[V]. The molecule has 0 fully saturated rings. The second kappa shape index (κ2) is 35.6. The van der Waals surface area contributed by atoms with Crippen molar-refractivity contribution in [3.8, 4) is 0 Å².